The molecule has 0 fully saturated rings. The molecule has 1 aromatic heterocycles. The van der Waals surface area contributed by atoms with Crippen LogP contribution in [-0.2, 0) is 0 Å². The van der Waals surface area contributed by atoms with Crippen molar-refractivity contribution in [2.45, 2.75) is 13.8 Å². The average Bonchev–Trinajstić information content (AvgIpc) is 2.97. The van der Waals surface area contributed by atoms with Gasteiger partial charge in [0, 0.05) is 0 Å². The van der Waals surface area contributed by atoms with Crippen molar-refractivity contribution in [2.24, 2.45) is 11.0 Å². The number of thiazole rings is 1. The van der Waals surface area contributed by atoms with E-state index in [4.69, 9.17) is 4.74 Å². The summed E-state index contributed by atoms with van der Waals surface area (Å²) in [6, 6.07) is 15.9. The number of hydrazone groups is 1. The molecule has 0 radical (unpaired) electrons. The Kier molecular flexibility index (Phi) is 4.88. The maximum Gasteiger partial charge on any atom is 0.204 e. The number of ether oxygens (including phenoxy) is 1. The van der Waals surface area contributed by atoms with E-state index < -0.39 is 0 Å². The maximum absolute atomic E-state index is 5.66. The summed E-state index contributed by atoms with van der Waals surface area (Å²) in [5, 5.41) is 5.03. The minimum Gasteiger partial charge on any atom is -0.493 e. The third-order valence-electron chi connectivity index (χ3n) is 3.13. The van der Waals surface area contributed by atoms with Crippen molar-refractivity contribution in [3.05, 3.63) is 54.1 Å². The smallest absolute Gasteiger partial charge is 0.204 e. The normalized spacial score (nSPS) is 11.4. The quantitative estimate of drug-likeness (QED) is 0.524. The van der Waals surface area contributed by atoms with Crippen LogP contribution in [0.25, 0.3) is 10.2 Å². The number of hydrogen-bond acceptors (Lipinski definition) is 5. The second-order valence-electron chi connectivity index (χ2n) is 5.63. The first-order valence-corrected chi connectivity index (χ1v) is 8.40. The van der Waals surface area contributed by atoms with Gasteiger partial charge in [0.05, 0.1) is 23.0 Å². The Balaban J connectivity index is 1.59. The molecule has 5 heteroatoms. The summed E-state index contributed by atoms with van der Waals surface area (Å²) in [7, 11) is 0. The number of aromatic nitrogens is 1. The minimum absolute atomic E-state index is 0.522. The molecule has 2 aromatic carbocycles. The van der Waals surface area contributed by atoms with Gasteiger partial charge < -0.3 is 4.74 Å². The van der Waals surface area contributed by atoms with Crippen LogP contribution in [0.5, 0.6) is 5.75 Å². The van der Waals surface area contributed by atoms with Gasteiger partial charge in [0.2, 0.25) is 5.13 Å². The summed E-state index contributed by atoms with van der Waals surface area (Å²) in [6.07, 6.45) is 1.78. The van der Waals surface area contributed by atoms with Crippen molar-refractivity contribution in [1.82, 2.24) is 4.98 Å². The zero-order valence-electron chi connectivity index (χ0n) is 13.2. The van der Waals surface area contributed by atoms with Gasteiger partial charge in [0.25, 0.3) is 0 Å². The molecular formula is C18H19N3OS. The Hall–Kier alpha value is -2.40. The van der Waals surface area contributed by atoms with E-state index in [-0.39, 0.29) is 0 Å². The van der Waals surface area contributed by atoms with Gasteiger partial charge in [-0.1, -0.05) is 37.3 Å². The van der Waals surface area contributed by atoms with Crippen molar-refractivity contribution in [3.63, 3.8) is 0 Å². The van der Waals surface area contributed by atoms with Gasteiger partial charge in [-0.15, -0.1) is 0 Å². The molecule has 0 aliphatic rings. The molecule has 0 aliphatic carbocycles. The molecule has 1 heterocycles. The lowest BCUT2D eigenvalue weighted by Gasteiger charge is -2.08. The molecular weight excluding hydrogens is 306 g/mol. The van der Waals surface area contributed by atoms with Crippen molar-refractivity contribution in [2.75, 3.05) is 12.0 Å². The highest BCUT2D eigenvalue weighted by Crippen LogP contribution is 2.25. The van der Waals surface area contributed by atoms with Gasteiger partial charge in [-0.25, -0.2) is 4.98 Å². The van der Waals surface area contributed by atoms with Gasteiger partial charge in [-0.05, 0) is 47.9 Å². The van der Waals surface area contributed by atoms with E-state index in [1.54, 1.807) is 17.6 Å². The molecule has 0 unspecified atom stereocenters. The second kappa shape index (κ2) is 7.24. The highest BCUT2D eigenvalue weighted by atomic mass is 32.1. The summed E-state index contributed by atoms with van der Waals surface area (Å²) in [5.41, 5.74) is 4.98. The molecule has 3 aromatic rings. The van der Waals surface area contributed by atoms with Crippen LogP contribution in [0.15, 0.2) is 53.6 Å². The number of nitrogens with zero attached hydrogens (tertiary/aromatic N) is 2. The molecule has 0 saturated carbocycles. The van der Waals surface area contributed by atoms with E-state index in [2.05, 4.69) is 35.4 Å². The van der Waals surface area contributed by atoms with E-state index in [1.165, 1.54) is 0 Å². The summed E-state index contributed by atoms with van der Waals surface area (Å²) >= 11 is 1.59. The van der Waals surface area contributed by atoms with Crippen LogP contribution in [0.4, 0.5) is 5.13 Å². The van der Waals surface area contributed by atoms with Gasteiger partial charge >= 0.3 is 0 Å². The van der Waals surface area contributed by atoms with Crippen LogP contribution < -0.4 is 10.2 Å². The predicted molar refractivity (Wildman–Crippen MR) is 97.6 cm³/mol. The van der Waals surface area contributed by atoms with E-state index >= 15 is 0 Å². The fraction of sp³-hybridized carbons (Fsp3) is 0.222. The predicted octanol–water partition coefficient (Wildman–Crippen LogP) is 4.78. The average molecular weight is 325 g/mol. The molecule has 0 saturated heterocycles. The fourth-order valence-electron chi connectivity index (χ4n) is 2.00. The molecule has 4 nitrogen and oxygen atoms in total. The minimum atomic E-state index is 0.522. The van der Waals surface area contributed by atoms with Crippen LogP contribution in [0.2, 0.25) is 0 Å². The van der Waals surface area contributed by atoms with Crippen LogP contribution in [-0.4, -0.2) is 17.8 Å². The molecule has 0 bridgehead atoms. The Morgan fingerprint density at radius 1 is 1.17 bits per heavy atom. The maximum atomic E-state index is 5.66. The Morgan fingerprint density at radius 3 is 2.70 bits per heavy atom. The lowest BCUT2D eigenvalue weighted by atomic mass is 10.2. The summed E-state index contributed by atoms with van der Waals surface area (Å²) in [6.45, 7) is 5.00. The molecule has 0 amide bonds. The SMILES string of the molecule is CC(C)COc1ccc(/C=N\Nc2nc3ccccc3s2)cc1. The number of anilines is 1. The number of hydrogen-bond donors (Lipinski definition) is 1. The Labute approximate surface area is 139 Å². The second-order valence-corrected chi connectivity index (χ2v) is 6.66. The van der Waals surface area contributed by atoms with Crippen LogP contribution in [0.1, 0.15) is 19.4 Å². The van der Waals surface area contributed by atoms with Gasteiger partial charge in [-0.2, -0.15) is 5.10 Å². The number of rotatable bonds is 6. The number of fused-ring (bicyclic) bond motifs is 1. The summed E-state index contributed by atoms with van der Waals surface area (Å²) in [5.74, 6) is 1.41. The van der Waals surface area contributed by atoms with Gasteiger partial charge in [-0.3, -0.25) is 5.43 Å². The van der Waals surface area contributed by atoms with E-state index in [1.807, 2.05) is 42.5 Å². The third-order valence-corrected chi connectivity index (χ3v) is 4.07. The van der Waals surface area contributed by atoms with E-state index in [0.717, 1.165) is 33.3 Å². The van der Waals surface area contributed by atoms with E-state index in [0.29, 0.717) is 5.92 Å². The zero-order valence-corrected chi connectivity index (χ0v) is 14.0. The molecule has 118 valence electrons. The van der Waals surface area contributed by atoms with Crippen molar-refractivity contribution in [1.29, 1.82) is 0 Å². The molecule has 3 rings (SSSR count). The molecule has 0 atom stereocenters. The molecule has 0 aliphatic heterocycles. The monoisotopic (exact) mass is 325 g/mol. The van der Waals surface area contributed by atoms with Crippen LogP contribution in [0.3, 0.4) is 0 Å². The Morgan fingerprint density at radius 2 is 1.96 bits per heavy atom. The number of para-hydroxylation sites is 1. The largest absolute Gasteiger partial charge is 0.493 e. The van der Waals surface area contributed by atoms with Gasteiger partial charge in [0.1, 0.15) is 5.75 Å². The van der Waals surface area contributed by atoms with Crippen LogP contribution in [0, 0.1) is 5.92 Å². The van der Waals surface area contributed by atoms with Crippen molar-refractivity contribution in [3.8, 4) is 5.75 Å². The van der Waals surface area contributed by atoms with Crippen LogP contribution >= 0.6 is 11.3 Å². The molecule has 0 spiro atoms. The van der Waals surface area contributed by atoms with Gasteiger partial charge in [0.15, 0.2) is 0 Å². The number of nitrogens with one attached hydrogen (secondary N) is 1. The first kappa shape index (κ1) is 15.5. The lowest BCUT2D eigenvalue weighted by molar-refractivity contribution is 0.271. The zero-order chi connectivity index (χ0) is 16.1. The highest BCUT2D eigenvalue weighted by Gasteiger charge is 2.01. The third kappa shape index (κ3) is 4.29. The van der Waals surface area contributed by atoms with E-state index in [9.17, 15) is 0 Å². The van der Waals surface area contributed by atoms with Crippen molar-refractivity contribution >= 4 is 32.9 Å². The lowest BCUT2D eigenvalue weighted by Crippen LogP contribution is -2.04. The first-order valence-electron chi connectivity index (χ1n) is 7.58. The number of benzene rings is 2. The first-order chi connectivity index (χ1) is 11.2. The Bertz CT molecular complexity index is 760. The molecule has 23 heavy (non-hydrogen) atoms. The fourth-order valence-corrected chi connectivity index (χ4v) is 2.81. The molecule has 1 N–H and O–H groups in total. The highest BCUT2D eigenvalue weighted by molar-refractivity contribution is 7.22. The topological polar surface area (TPSA) is 46.5 Å². The van der Waals surface area contributed by atoms with Crippen molar-refractivity contribution < 1.29 is 4.74 Å². The standard InChI is InChI=1S/C18H19N3OS/c1-13(2)12-22-15-9-7-14(8-10-15)11-19-21-18-20-16-5-3-4-6-17(16)23-18/h3-11,13H,12H2,1-2H3,(H,20,21)/b19-11-. The summed E-state index contributed by atoms with van der Waals surface area (Å²) < 4.78 is 6.81. The summed E-state index contributed by atoms with van der Waals surface area (Å²) in [4.78, 5) is 4.47.